The number of nitrogens with zero attached hydrogens (tertiary/aromatic N) is 4. The van der Waals surface area contributed by atoms with E-state index in [4.69, 9.17) is 0 Å². The molecule has 0 spiro atoms. The highest BCUT2D eigenvalue weighted by Crippen LogP contribution is 2.24. The van der Waals surface area contributed by atoms with E-state index in [1.807, 2.05) is 13.0 Å². The monoisotopic (exact) mass is 436 g/mol. The van der Waals surface area contributed by atoms with E-state index in [9.17, 15) is 14.4 Å². The minimum Gasteiger partial charge on any atom is -0.368 e. The number of nitrogens with one attached hydrogen (secondary N) is 2. The van der Waals surface area contributed by atoms with E-state index in [1.165, 1.54) is 19.3 Å². The number of benzene rings is 1. The number of carbonyl (C=O) groups is 3. The van der Waals surface area contributed by atoms with Gasteiger partial charge in [0.2, 0.25) is 5.91 Å². The third-order valence-corrected chi connectivity index (χ3v) is 5.83. The molecule has 0 bridgehead atoms. The summed E-state index contributed by atoms with van der Waals surface area (Å²) in [6.45, 7) is 6.21. The van der Waals surface area contributed by atoms with Crippen molar-refractivity contribution in [1.82, 2.24) is 20.2 Å². The number of hydrogen-bond acceptors (Lipinski definition) is 7. The van der Waals surface area contributed by atoms with Crippen LogP contribution in [0.3, 0.4) is 0 Å². The summed E-state index contributed by atoms with van der Waals surface area (Å²) >= 11 is 0. The van der Waals surface area contributed by atoms with Gasteiger partial charge in [-0.05, 0) is 45.2 Å². The summed E-state index contributed by atoms with van der Waals surface area (Å²) in [7, 11) is 0. The van der Waals surface area contributed by atoms with Crippen molar-refractivity contribution in [2.75, 3.05) is 36.4 Å². The predicted octanol–water partition coefficient (Wildman–Crippen LogP) is 1.99. The van der Waals surface area contributed by atoms with Crippen LogP contribution in [0, 0.1) is 6.92 Å². The first-order valence-corrected chi connectivity index (χ1v) is 11.0. The van der Waals surface area contributed by atoms with Crippen LogP contribution >= 0.6 is 0 Å². The number of aromatic nitrogens is 2. The van der Waals surface area contributed by atoms with E-state index in [0.717, 1.165) is 23.8 Å². The lowest BCUT2D eigenvalue weighted by molar-refractivity contribution is -0.124. The van der Waals surface area contributed by atoms with Crippen LogP contribution in [0.25, 0.3) is 0 Å². The smallest absolute Gasteiger partial charge is 0.262 e. The van der Waals surface area contributed by atoms with E-state index in [2.05, 4.69) is 25.5 Å². The van der Waals surface area contributed by atoms with Gasteiger partial charge in [0.05, 0.1) is 11.1 Å². The molecule has 168 valence electrons. The summed E-state index contributed by atoms with van der Waals surface area (Å²) in [5.74, 6) is 1.07. The number of piperidine rings is 1. The van der Waals surface area contributed by atoms with Crippen LogP contribution in [0.1, 0.15) is 52.7 Å². The van der Waals surface area contributed by atoms with Crippen LogP contribution in [-0.4, -0.2) is 64.8 Å². The summed E-state index contributed by atoms with van der Waals surface area (Å²) in [5, 5.41) is 6.01. The lowest BCUT2D eigenvalue weighted by Gasteiger charge is -2.28. The minimum absolute atomic E-state index is 0.328. The number of fused-ring (bicyclic) bond motifs is 1. The van der Waals surface area contributed by atoms with E-state index < -0.39 is 17.9 Å². The second-order valence-corrected chi connectivity index (χ2v) is 8.13. The zero-order chi connectivity index (χ0) is 22.7. The molecule has 1 unspecified atom stereocenters. The first kappa shape index (κ1) is 21.7. The van der Waals surface area contributed by atoms with Gasteiger partial charge in [0.15, 0.2) is 0 Å². The van der Waals surface area contributed by atoms with Crippen molar-refractivity contribution < 1.29 is 14.4 Å². The molecule has 1 atom stereocenters. The molecule has 2 N–H and O–H groups in total. The van der Waals surface area contributed by atoms with Gasteiger partial charge in [-0.1, -0.05) is 12.1 Å². The van der Waals surface area contributed by atoms with Gasteiger partial charge < -0.3 is 15.5 Å². The molecule has 3 heterocycles. The van der Waals surface area contributed by atoms with Gasteiger partial charge in [-0.2, -0.15) is 0 Å². The third-order valence-electron chi connectivity index (χ3n) is 5.83. The summed E-state index contributed by atoms with van der Waals surface area (Å²) in [4.78, 5) is 50.0. The first-order valence-electron chi connectivity index (χ1n) is 11.0. The largest absolute Gasteiger partial charge is 0.368 e. The van der Waals surface area contributed by atoms with E-state index in [1.54, 1.807) is 31.2 Å². The molecule has 2 aliphatic rings. The van der Waals surface area contributed by atoms with Crippen molar-refractivity contribution in [3.05, 3.63) is 47.3 Å². The Morgan fingerprint density at radius 2 is 1.69 bits per heavy atom. The Hall–Kier alpha value is -3.49. The second kappa shape index (κ2) is 9.33. The molecule has 3 amide bonds. The molecule has 0 radical (unpaired) electrons. The molecule has 1 fully saturated rings. The van der Waals surface area contributed by atoms with Gasteiger partial charge in [-0.25, -0.2) is 9.97 Å². The molecule has 4 rings (SSSR count). The average molecular weight is 437 g/mol. The van der Waals surface area contributed by atoms with Crippen LogP contribution in [0.2, 0.25) is 0 Å². The lowest BCUT2D eigenvalue weighted by atomic mass is 10.1. The topological polar surface area (TPSA) is 108 Å². The number of amides is 3. The second-order valence-electron chi connectivity index (χ2n) is 8.13. The van der Waals surface area contributed by atoms with Crippen LogP contribution in [-0.2, 0) is 4.79 Å². The Morgan fingerprint density at radius 3 is 2.34 bits per heavy atom. The minimum atomic E-state index is -0.894. The molecule has 0 aliphatic carbocycles. The SMILES string of the molecule is Cc1nc(NCCNC(=O)C(C)N2C(=O)c3ccccc3C2=O)cc(N2CCCCC2)n1. The Morgan fingerprint density at radius 1 is 1.03 bits per heavy atom. The number of rotatable bonds is 7. The zero-order valence-electron chi connectivity index (χ0n) is 18.4. The number of hydrogen-bond donors (Lipinski definition) is 2. The Kier molecular flexibility index (Phi) is 6.34. The summed E-state index contributed by atoms with van der Waals surface area (Å²) in [6.07, 6.45) is 3.59. The molecule has 32 heavy (non-hydrogen) atoms. The summed E-state index contributed by atoms with van der Waals surface area (Å²) in [5.41, 5.74) is 0.671. The van der Waals surface area contributed by atoms with Crippen molar-refractivity contribution in [3.8, 4) is 0 Å². The molecule has 2 aromatic rings. The summed E-state index contributed by atoms with van der Waals surface area (Å²) < 4.78 is 0. The number of imide groups is 1. The van der Waals surface area contributed by atoms with Crippen molar-refractivity contribution >= 4 is 29.4 Å². The highest BCUT2D eigenvalue weighted by atomic mass is 16.2. The lowest BCUT2D eigenvalue weighted by Crippen LogP contribution is -2.48. The maximum atomic E-state index is 12.6. The van der Waals surface area contributed by atoms with Gasteiger partial charge in [-0.15, -0.1) is 0 Å². The Labute approximate surface area is 187 Å². The standard InChI is InChI=1S/C23H28N6O3/c1-15(29-22(31)17-8-4-5-9-18(17)23(29)32)21(30)25-11-10-24-19-14-20(27-16(2)26-19)28-12-6-3-7-13-28/h4-5,8-9,14-15H,3,6-7,10-13H2,1-2H3,(H,25,30)(H,24,26,27). The molecule has 1 aromatic heterocycles. The normalized spacial score (nSPS) is 16.7. The van der Waals surface area contributed by atoms with Crippen LogP contribution in [0.5, 0.6) is 0 Å². The average Bonchev–Trinajstić information content (AvgIpc) is 3.06. The van der Waals surface area contributed by atoms with E-state index in [-0.39, 0.29) is 5.91 Å². The molecular formula is C23H28N6O3. The van der Waals surface area contributed by atoms with Crippen LogP contribution < -0.4 is 15.5 Å². The van der Waals surface area contributed by atoms with Gasteiger partial charge in [0.25, 0.3) is 11.8 Å². The van der Waals surface area contributed by atoms with Crippen molar-refractivity contribution in [3.63, 3.8) is 0 Å². The zero-order valence-corrected chi connectivity index (χ0v) is 18.4. The molecule has 9 nitrogen and oxygen atoms in total. The van der Waals surface area contributed by atoms with Gasteiger partial charge in [-0.3, -0.25) is 19.3 Å². The Balaban J connectivity index is 1.30. The molecular weight excluding hydrogens is 408 g/mol. The van der Waals surface area contributed by atoms with Gasteiger partial charge >= 0.3 is 0 Å². The Bertz CT molecular complexity index is 999. The fourth-order valence-corrected chi connectivity index (χ4v) is 4.13. The fraction of sp³-hybridized carbons (Fsp3) is 0.435. The molecule has 0 saturated carbocycles. The molecule has 9 heteroatoms. The van der Waals surface area contributed by atoms with Crippen molar-refractivity contribution in [2.24, 2.45) is 0 Å². The maximum Gasteiger partial charge on any atom is 0.262 e. The number of aryl methyl sites for hydroxylation is 1. The van der Waals surface area contributed by atoms with Crippen LogP contribution in [0.15, 0.2) is 30.3 Å². The van der Waals surface area contributed by atoms with Gasteiger partial charge in [0, 0.05) is 32.2 Å². The van der Waals surface area contributed by atoms with Crippen LogP contribution in [0.4, 0.5) is 11.6 Å². The molecule has 1 aromatic carbocycles. The number of anilines is 2. The van der Waals surface area contributed by atoms with E-state index in [0.29, 0.717) is 35.9 Å². The summed E-state index contributed by atoms with van der Waals surface area (Å²) in [6, 6.07) is 7.65. The predicted molar refractivity (Wildman–Crippen MR) is 121 cm³/mol. The third kappa shape index (κ3) is 4.42. The fourth-order valence-electron chi connectivity index (χ4n) is 4.13. The van der Waals surface area contributed by atoms with Crippen molar-refractivity contribution in [1.29, 1.82) is 0 Å². The maximum absolute atomic E-state index is 12.6. The van der Waals surface area contributed by atoms with Crippen molar-refractivity contribution in [2.45, 2.75) is 39.2 Å². The quantitative estimate of drug-likeness (QED) is 0.505. The highest BCUT2D eigenvalue weighted by Gasteiger charge is 2.40. The molecule has 1 saturated heterocycles. The number of carbonyl (C=O) groups excluding carboxylic acids is 3. The highest BCUT2D eigenvalue weighted by molar-refractivity contribution is 6.22. The molecule has 2 aliphatic heterocycles. The van der Waals surface area contributed by atoms with Gasteiger partial charge in [0.1, 0.15) is 23.5 Å². The van der Waals surface area contributed by atoms with E-state index >= 15 is 0 Å². The first-order chi connectivity index (χ1) is 15.5.